The monoisotopic (exact) mass is 317 g/mol. The number of ether oxygens (including phenoxy) is 2. The molecule has 0 atom stereocenters. The molecular formula is C16H15NO4S. The number of hydrogen-bond acceptors (Lipinski definition) is 5. The van der Waals surface area contributed by atoms with E-state index < -0.39 is 0 Å². The van der Waals surface area contributed by atoms with Crippen molar-refractivity contribution in [3.63, 3.8) is 0 Å². The van der Waals surface area contributed by atoms with Gasteiger partial charge in [-0.15, -0.1) is 6.42 Å². The van der Waals surface area contributed by atoms with Crippen LogP contribution in [0.2, 0.25) is 0 Å². The van der Waals surface area contributed by atoms with Crippen LogP contribution < -0.4 is 9.47 Å². The lowest BCUT2D eigenvalue weighted by Crippen LogP contribution is -2.28. The van der Waals surface area contributed by atoms with Crippen LogP contribution in [0.5, 0.6) is 11.5 Å². The molecular weight excluding hydrogens is 302 g/mol. The minimum Gasteiger partial charge on any atom is -0.493 e. The molecule has 0 saturated carbocycles. The normalized spacial score (nSPS) is 16.0. The van der Waals surface area contributed by atoms with Crippen molar-refractivity contribution in [1.82, 2.24) is 4.90 Å². The molecule has 0 bridgehead atoms. The molecule has 5 nitrogen and oxygen atoms in total. The van der Waals surface area contributed by atoms with Crippen molar-refractivity contribution < 1.29 is 19.1 Å². The molecule has 0 unspecified atom stereocenters. The van der Waals surface area contributed by atoms with Gasteiger partial charge in [-0.3, -0.25) is 14.5 Å². The Morgan fingerprint density at radius 3 is 2.77 bits per heavy atom. The fraction of sp³-hybridized carbons (Fsp3) is 0.250. The number of amides is 2. The van der Waals surface area contributed by atoms with Gasteiger partial charge in [0.15, 0.2) is 11.5 Å². The second-order valence-electron chi connectivity index (χ2n) is 4.32. The van der Waals surface area contributed by atoms with Crippen LogP contribution in [-0.2, 0) is 4.79 Å². The van der Waals surface area contributed by atoms with Gasteiger partial charge in [-0.1, -0.05) is 12.0 Å². The molecule has 1 heterocycles. The second-order valence-corrected chi connectivity index (χ2v) is 5.31. The summed E-state index contributed by atoms with van der Waals surface area (Å²) in [5.74, 6) is 3.12. The van der Waals surface area contributed by atoms with Crippen LogP contribution in [0.3, 0.4) is 0 Å². The van der Waals surface area contributed by atoms with E-state index in [1.165, 1.54) is 0 Å². The van der Waals surface area contributed by atoms with Gasteiger partial charge in [0.25, 0.3) is 11.1 Å². The average Bonchev–Trinajstić information content (AvgIpc) is 2.76. The van der Waals surface area contributed by atoms with E-state index in [1.54, 1.807) is 31.4 Å². The molecule has 2 rings (SSSR count). The van der Waals surface area contributed by atoms with Crippen LogP contribution in [0, 0.1) is 12.3 Å². The van der Waals surface area contributed by atoms with Gasteiger partial charge in [-0.25, -0.2) is 0 Å². The van der Waals surface area contributed by atoms with Crippen LogP contribution in [0.15, 0.2) is 23.1 Å². The lowest BCUT2D eigenvalue weighted by Gasteiger charge is -2.10. The molecule has 1 aliphatic heterocycles. The van der Waals surface area contributed by atoms with E-state index in [0.717, 1.165) is 22.2 Å². The third kappa shape index (κ3) is 3.26. The van der Waals surface area contributed by atoms with Gasteiger partial charge in [-0.05, 0) is 42.5 Å². The van der Waals surface area contributed by atoms with E-state index in [9.17, 15) is 9.59 Å². The lowest BCUT2D eigenvalue weighted by atomic mass is 10.2. The maximum Gasteiger partial charge on any atom is 0.294 e. The van der Waals surface area contributed by atoms with Crippen LogP contribution in [0.1, 0.15) is 12.5 Å². The first-order valence-electron chi connectivity index (χ1n) is 6.60. The molecule has 0 aliphatic carbocycles. The number of thioether (sulfide) groups is 1. The Morgan fingerprint density at radius 1 is 1.36 bits per heavy atom. The quantitative estimate of drug-likeness (QED) is 0.617. The van der Waals surface area contributed by atoms with Gasteiger partial charge in [0.1, 0.15) is 0 Å². The number of nitrogens with zero attached hydrogens (tertiary/aromatic N) is 1. The van der Waals surface area contributed by atoms with Crippen LogP contribution >= 0.6 is 11.8 Å². The molecule has 6 heteroatoms. The van der Waals surface area contributed by atoms with Crippen LogP contribution in [-0.4, -0.2) is 36.3 Å². The van der Waals surface area contributed by atoms with Gasteiger partial charge in [0, 0.05) is 0 Å². The Morgan fingerprint density at radius 2 is 2.14 bits per heavy atom. The molecule has 1 fully saturated rings. The summed E-state index contributed by atoms with van der Waals surface area (Å²) in [6.07, 6.45) is 6.80. The SMILES string of the molecule is C#CCN1C(=O)S/C(=C/c2ccc(OC)c(OCC)c2)C1=O. The van der Waals surface area contributed by atoms with Gasteiger partial charge in [0.05, 0.1) is 25.2 Å². The summed E-state index contributed by atoms with van der Waals surface area (Å²) >= 11 is 0.877. The Bertz CT molecular complexity index is 675. The van der Waals surface area contributed by atoms with Crippen molar-refractivity contribution in [2.45, 2.75) is 6.92 Å². The zero-order valence-electron chi connectivity index (χ0n) is 12.3. The third-order valence-electron chi connectivity index (χ3n) is 2.91. The van der Waals surface area contributed by atoms with Gasteiger partial charge < -0.3 is 9.47 Å². The topological polar surface area (TPSA) is 55.8 Å². The highest BCUT2D eigenvalue weighted by molar-refractivity contribution is 8.18. The largest absolute Gasteiger partial charge is 0.493 e. The van der Waals surface area contributed by atoms with Crippen molar-refractivity contribution in [2.24, 2.45) is 0 Å². The van der Waals surface area contributed by atoms with Crippen molar-refractivity contribution in [3.05, 3.63) is 28.7 Å². The number of hydrogen-bond donors (Lipinski definition) is 0. The summed E-state index contributed by atoms with van der Waals surface area (Å²) in [6, 6.07) is 5.30. The minimum absolute atomic E-state index is 0.0190. The fourth-order valence-corrected chi connectivity index (χ4v) is 2.77. The van der Waals surface area contributed by atoms with E-state index in [4.69, 9.17) is 15.9 Å². The molecule has 1 aliphatic rings. The summed E-state index contributed by atoms with van der Waals surface area (Å²) in [5, 5.41) is -0.354. The first kappa shape index (κ1) is 16.0. The van der Waals surface area contributed by atoms with E-state index in [-0.39, 0.29) is 17.7 Å². The predicted octanol–water partition coefficient (Wildman–Crippen LogP) is 2.76. The van der Waals surface area contributed by atoms with Crippen molar-refractivity contribution in [2.75, 3.05) is 20.3 Å². The molecule has 0 spiro atoms. The van der Waals surface area contributed by atoms with Gasteiger partial charge >= 0.3 is 0 Å². The highest BCUT2D eigenvalue weighted by Crippen LogP contribution is 2.34. The first-order chi connectivity index (χ1) is 10.6. The standard InChI is InChI=1S/C16H15NO4S/c1-4-8-17-15(18)14(22-16(17)19)10-11-6-7-12(20-3)13(9-11)21-5-2/h1,6-7,9-10H,5,8H2,2-3H3/b14-10+. The number of imide groups is 1. The number of terminal acetylenes is 1. The molecule has 1 saturated heterocycles. The Labute approximate surface area is 133 Å². The zero-order chi connectivity index (χ0) is 16.1. The summed E-state index contributed by atoms with van der Waals surface area (Å²) in [7, 11) is 1.56. The molecule has 2 amide bonds. The summed E-state index contributed by atoms with van der Waals surface area (Å²) in [4.78, 5) is 25.2. The fourth-order valence-electron chi connectivity index (χ4n) is 1.93. The lowest BCUT2D eigenvalue weighted by molar-refractivity contribution is -0.122. The zero-order valence-corrected chi connectivity index (χ0v) is 13.1. The van der Waals surface area contributed by atoms with E-state index in [0.29, 0.717) is 23.0 Å². The van der Waals surface area contributed by atoms with Crippen molar-refractivity contribution in [3.8, 4) is 23.8 Å². The van der Waals surface area contributed by atoms with Crippen LogP contribution in [0.4, 0.5) is 4.79 Å². The van der Waals surface area contributed by atoms with Gasteiger partial charge in [-0.2, -0.15) is 0 Å². The molecule has 22 heavy (non-hydrogen) atoms. The Balaban J connectivity index is 2.30. The summed E-state index contributed by atoms with van der Waals surface area (Å²) < 4.78 is 10.7. The first-order valence-corrected chi connectivity index (χ1v) is 7.42. The molecule has 0 radical (unpaired) electrons. The van der Waals surface area contributed by atoms with Gasteiger partial charge in [0.2, 0.25) is 0 Å². The van der Waals surface area contributed by atoms with E-state index >= 15 is 0 Å². The van der Waals surface area contributed by atoms with Crippen molar-refractivity contribution >= 4 is 29.0 Å². The molecule has 1 aromatic carbocycles. The predicted molar refractivity (Wildman–Crippen MR) is 85.7 cm³/mol. The number of rotatable bonds is 5. The van der Waals surface area contributed by atoms with Crippen LogP contribution in [0.25, 0.3) is 6.08 Å². The maximum absolute atomic E-state index is 12.1. The molecule has 0 N–H and O–H groups in total. The number of carbonyl (C=O) groups is 2. The second kappa shape index (κ2) is 7.05. The molecule has 1 aromatic rings. The Hall–Kier alpha value is -2.39. The minimum atomic E-state index is -0.373. The van der Waals surface area contributed by atoms with E-state index in [2.05, 4.69) is 5.92 Å². The highest BCUT2D eigenvalue weighted by atomic mass is 32.2. The van der Waals surface area contributed by atoms with E-state index in [1.807, 2.05) is 6.92 Å². The summed E-state index contributed by atoms with van der Waals surface area (Å²) in [5.41, 5.74) is 0.746. The number of benzene rings is 1. The number of methoxy groups -OCH3 is 1. The average molecular weight is 317 g/mol. The third-order valence-corrected chi connectivity index (χ3v) is 3.82. The molecule has 114 valence electrons. The van der Waals surface area contributed by atoms with Crippen molar-refractivity contribution in [1.29, 1.82) is 0 Å². The smallest absolute Gasteiger partial charge is 0.294 e. The summed E-state index contributed by atoms with van der Waals surface area (Å²) in [6.45, 7) is 2.35. The molecule has 0 aromatic heterocycles. The Kier molecular flexibility index (Phi) is 5.12. The maximum atomic E-state index is 12.1. The highest BCUT2D eigenvalue weighted by Gasteiger charge is 2.34. The number of carbonyl (C=O) groups excluding carboxylic acids is 2.